The van der Waals surface area contributed by atoms with Crippen LogP contribution in [0.25, 0.3) is 0 Å². The molecule has 0 aliphatic carbocycles. The van der Waals surface area contributed by atoms with E-state index < -0.39 is 12.1 Å². The number of rotatable bonds is 2. The molecule has 1 aromatic rings. The lowest BCUT2D eigenvalue weighted by molar-refractivity contribution is -0.167. The van der Waals surface area contributed by atoms with Gasteiger partial charge in [0.25, 0.3) is 0 Å². The van der Waals surface area contributed by atoms with Crippen LogP contribution in [0.3, 0.4) is 0 Å². The van der Waals surface area contributed by atoms with Crippen molar-refractivity contribution in [3.05, 3.63) is 23.8 Å². The largest absolute Gasteiger partial charge is 0.471 e. The molecule has 0 bridgehead atoms. The summed E-state index contributed by atoms with van der Waals surface area (Å²) in [5.41, 5.74) is 2.05. The molecule has 0 unspecified atom stereocenters. The second kappa shape index (κ2) is 5.95. The lowest BCUT2D eigenvalue weighted by Gasteiger charge is -2.36. The number of hydrogen-bond donors (Lipinski definition) is 1. The lowest BCUT2D eigenvalue weighted by Crippen LogP contribution is -2.37. The van der Waals surface area contributed by atoms with Gasteiger partial charge in [0.2, 0.25) is 0 Å². The Labute approximate surface area is 122 Å². The summed E-state index contributed by atoms with van der Waals surface area (Å²) >= 11 is 0. The van der Waals surface area contributed by atoms with Crippen molar-refractivity contribution in [3.63, 3.8) is 0 Å². The fraction of sp³-hybridized carbons (Fsp3) is 0.533. The number of nitrogens with zero attached hydrogens (tertiary/aromatic N) is 1. The van der Waals surface area contributed by atoms with Crippen molar-refractivity contribution in [3.8, 4) is 0 Å². The Morgan fingerprint density at radius 2 is 2.05 bits per heavy atom. The quantitative estimate of drug-likeness (QED) is 0.899. The van der Waals surface area contributed by atoms with Gasteiger partial charge in [-0.1, -0.05) is 0 Å². The Bertz CT molecular complexity index is 528. The standard InChI is InChI=1S/C15H19F3N2O/c1-10-9-12(19-14(21)15(16,17)18)6-7-13(10)20-8-4-3-5-11(20)2/h6-7,9,11H,3-5,8H2,1-2H3,(H,19,21)/t11-/m0/s1. The van der Waals surface area contributed by atoms with E-state index in [0.29, 0.717) is 6.04 Å². The monoisotopic (exact) mass is 300 g/mol. The molecule has 1 aliphatic heterocycles. The number of nitrogens with one attached hydrogen (secondary N) is 1. The van der Waals surface area contributed by atoms with E-state index in [1.54, 1.807) is 12.1 Å². The maximum absolute atomic E-state index is 12.2. The number of amides is 1. The summed E-state index contributed by atoms with van der Waals surface area (Å²) in [5, 5.41) is 1.88. The van der Waals surface area contributed by atoms with Gasteiger partial charge in [-0.3, -0.25) is 4.79 Å². The molecule has 0 saturated carbocycles. The Hall–Kier alpha value is -1.72. The third-order valence-corrected chi connectivity index (χ3v) is 3.82. The summed E-state index contributed by atoms with van der Waals surface area (Å²) in [6.07, 6.45) is -1.42. The summed E-state index contributed by atoms with van der Waals surface area (Å²) in [5.74, 6) is -1.94. The molecule has 116 valence electrons. The smallest absolute Gasteiger partial charge is 0.369 e. The molecule has 0 spiro atoms. The van der Waals surface area contributed by atoms with Gasteiger partial charge in [-0.05, 0) is 56.9 Å². The zero-order chi connectivity index (χ0) is 15.6. The Kier molecular flexibility index (Phi) is 4.44. The molecule has 1 heterocycles. The van der Waals surface area contributed by atoms with E-state index in [1.165, 1.54) is 12.5 Å². The molecule has 1 amide bonds. The number of hydrogen-bond acceptors (Lipinski definition) is 2. The Balaban J connectivity index is 2.16. The fourth-order valence-electron chi connectivity index (χ4n) is 2.71. The molecule has 1 atom stereocenters. The van der Waals surface area contributed by atoms with Crippen molar-refractivity contribution in [2.45, 2.75) is 45.3 Å². The first-order valence-corrected chi connectivity index (χ1v) is 7.04. The van der Waals surface area contributed by atoms with E-state index in [9.17, 15) is 18.0 Å². The number of aryl methyl sites for hydroxylation is 1. The van der Waals surface area contributed by atoms with E-state index in [2.05, 4.69) is 11.8 Å². The van der Waals surface area contributed by atoms with Crippen molar-refractivity contribution in [2.75, 3.05) is 16.8 Å². The third kappa shape index (κ3) is 3.68. The number of benzene rings is 1. The number of anilines is 2. The number of alkyl halides is 3. The molecular formula is C15H19F3N2O. The van der Waals surface area contributed by atoms with Gasteiger partial charge in [-0.15, -0.1) is 0 Å². The molecule has 21 heavy (non-hydrogen) atoms. The highest BCUT2D eigenvalue weighted by atomic mass is 19.4. The molecule has 0 radical (unpaired) electrons. The highest BCUT2D eigenvalue weighted by Gasteiger charge is 2.38. The summed E-state index contributed by atoms with van der Waals surface area (Å²) in [4.78, 5) is 13.2. The van der Waals surface area contributed by atoms with Crippen LogP contribution in [0, 0.1) is 6.92 Å². The average molecular weight is 300 g/mol. The SMILES string of the molecule is Cc1cc(NC(=O)C(F)(F)F)ccc1N1CCCC[C@@H]1C. The summed E-state index contributed by atoms with van der Waals surface area (Å²) in [6.45, 7) is 4.95. The zero-order valence-electron chi connectivity index (χ0n) is 12.1. The predicted octanol–water partition coefficient (Wildman–Crippen LogP) is 3.87. The van der Waals surface area contributed by atoms with Crippen LogP contribution >= 0.6 is 0 Å². The number of piperidine rings is 1. The minimum absolute atomic E-state index is 0.170. The summed E-state index contributed by atoms with van der Waals surface area (Å²) < 4.78 is 36.7. The molecule has 0 aromatic heterocycles. The lowest BCUT2D eigenvalue weighted by atomic mass is 10.0. The van der Waals surface area contributed by atoms with E-state index >= 15 is 0 Å². The summed E-state index contributed by atoms with van der Waals surface area (Å²) in [7, 11) is 0. The highest BCUT2D eigenvalue weighted by Crippen LogP contribution is 2.30. The highest BCUT2D eigenvalue weighted by molar-refractivity contribution is 5.95. The molecule has 1 aromatic carbocycles. The van der Waals surface area contributed by atoms with Crippen molar-refractivity contribution in [2.24, 2.45) is 0 Å². The van der Waals surface area contributed by atoms with Gasteiger partial charge in [-0.25, -0.2) is 0 Å². The zero-order valence-corrected chi connectivity index (χ0v) is 12.1. The molecule has 1 saturated heterocycles. The molecule has 3 nitrogen and oxygen atoms in total. The van der Waals surface area contributed by atoms with Crippen LogP contribution in [-0.2, 0) is 4.79 Å². The van der Waals surface area contributed by atoms with Crippen molar-refractivity contribution < 1.29 is 18.0 Å². The van der Waals surface area contributed by atoms with E-state index in [1.807, 2.05) is 12.2 Å². The minimum Gasteiger partial charge on any atom is -0.369 e. The third-order valence-electron chi connectivity index (χ3n) is 3.82. The normalized spacial score (nSPS) is 19.5. The van der Waals surface area contributed by atoms with Gasteiger partial charge in [0.05, 0.1) is 0 Å². The van der Waals surface area contributed by atoms with Crippen LogP contribution in [0.1, 0.15) is 31.7 Å². The maximum Gasteiger partial charge on any atom is 0.471 e. The average Bonchev–Trinajstić information content (AvgIpc) is 2.39. The van der Waals surface area contributed by atoms with Crippen LogP contribution in [0.5, 0.6) is 0 Å². The number of halogens is 3. The van der Waals surface area contributed by atoms with Gasteiger partial charge >= 0.3 is 12.1 Å². The van der Waals surface area contributed by atoms with E-state index in [-0.39, 0.29) is 5.69 Å². The summed E-state index contributed by atoms with van der Waals surface area (Å²) in [6, 6.07) is 5.31. The minimum atomic E-state index is -4.87. The van der Waals surface area contributed by atoms with Crippen LogP contribution in [-0.4, -0.2) is 24.7 Å². The van der Waals surface area contributed by atoms with Gasteiger partial charge in [0.1, 0.15) is 0 Å². The molecule has 1 N–H and O–H groups in total. The van der Waals surface area contributed by atoms with Gasteiger partial charge in [0, 0.05) is 24.0 Å². The van der Waals surface area contributed by atoms with Crippen molar-refractivity contribution >= 4 is 17.3 Å². The van der Waals surface area contributed by atoms with Crippen LogP contribution in [0.2, 0.25) is 0 Å². The Morgan fingerprint density at radius 3 is 2.62 bits per heavy atom. The number of carbonyl (C=O) groups excluding carboxylic acids is 1. The topological polar surface area (TPSA) is 32.3 Å². The molecule has 2 rings (SSSR count). The molecule has 1 fully saturated rings. The van der Waals surface area contributed by atoms with E-state index in [0.717, 1.165) is 30.6 Å². The molecular weight excluding hydrogens is 281 g/mol. The first kappa shape index (κ1) is 15.7. The van der Waals surface area contributed by atoms with Crippen molar-refractivity contribution in [1.82, 2.24) is 0 Å². The first-order chi connectivity index (χ1) is 9.79. The second-order valence-electron chi connectivity index (χ2n) is 5.49. The predicted molar refractivity (Wildman–Crippen MR) is 76.5 cm³/mol. The second-order valence-corrected chi connectivity index (χ2v) is 5.49. The molecule has 6 heteroatoms. The van der Waals surface area contributed by atoms with E-state index in [4.69, 9.17) is 0 Å². The number of carbonyl (C=O) groups is 1. The van der Waals surface area contributed by atoms with Crippen LogP contribution < -0.4 is 10.2 Å². The Morgan fingerprint density at radius 1 is 1.33 bits per heavy atom. The maximum atomic E-state index is 12.2. The molecule has 1 aliphatic rings. The van der Waals surface area contributed by atoms with Crippen LogP contribution in [0.15, 0.2) is 18.2 Å². The fourth-order valence-corrected chi connectivity index (χ4v) is 2.71. The van der Waals surface area contributed by atoms with Gasteiger partial charge in [-0.2, -0.15) is 13.2 Å². The first-order valence-electron chi connectivity index (χ1n) is 7.04. The van der Waals surface area contributed by atoms with Gasteiger partial charge < -0.3 is 10.2 Å². The van der Waals surface area contributed by atoms with Crippen molar-refractivity contribution in [1.29, 1.82) is 0 Å². The van der Waals surface area contributed by atoms with Gasteiger partial charge in [0.15, 0.2) is 0 Å². The van der Waals surface area contributed by atoms with Crippen LogP contribution in [0.4, 0.5) is 24.5 Å².